The van der Waals surface area contributed by atoms with Crippen LogP contribution in [0, 0.1) is 10.1 Å². The second-order valence-corrected chi connectivity index (χ2v) is 6.82. The molecule has 0 radical (unpaired) electrons. The second-order valence-electron chi connectivity index (χ2n) is 6.82. The van der Waals surface area contributed by atoms with Gasteiger partial charge in [0.1, 0.15) is 6.54 Å². The highest BCUT2D eigenvalue weighted by atomic mass is 16.6. The topological polar surface area (TPSA) is 116 Å². The summed E-state index contributed by atoms with van der Waals surface area (Å²) < 4.78 is 5.12. The molecule has 1 atom stereocenters. The summed E-state index contributed by atoms with van der Waals surface area (Å²) in [6.07, 6.45) is 2.03. The van der Waals surface area contributed by atoms with E-state index in [0.29, 0.717) is 5.56 Å². The third-order valence-electron chi connectivity index (χ3n) is 4.77. The Morgan fingerprint density at radius 1 is 1.10 bits per heavy atom. The first kappa shape index (κ1) is 20.2. The maximum atomic E-state index is 12.5. The van der Waals surface area contributed by atoms with Crippen LogP contribution in [0.5, 0.6) is 0 Å². The molecule has 0 bridgehead atoms. The number of benzene rings is 2. The average Bonchev–Trinajstić information content (AvgIpc) is 3.19. The van der Waals surface area contributed by atoms with Crippen molar-refractivity contribution in [2.45, 2.75) is 32.3 Å². The van der Waals surface area contributed by atoms with E-state index in [2.05, 4.69) is 5.32 Å². The third kappa shape index (κ3) is 4.84. The van der Waals surface area contributed by atoms with Crippen molar-refractivity contribution in [3.05, 3.63) is 74.8 Å². The van der Waals surface area contributed by atoms with Crippen molar-refractivity contribution < 1.29 is 24.0 Å². The van der Waals surface area contributed by atoms with Gasteiger partial charge in [-0.05, 0) is 49.4 Å². The quantitative estimate of drug-likeness (QED) is 0.333. The van der Waals surface area contributed by atoms with Crippen LogP contribution in [0.15, 0.2) is 42.5 Å². The highest BCUT2D eigenvalue weighted by Crippen LogP contribution is 2.23. The number of nitrogens with zero attached hydrogens (tertiary/aromatic N) is 1. The molecule has 8 nitrogen and oxygen atoms in total. The molecule has 0 aromatic heterocycles. The van der Waals surface area contributed by atoms with Crippen molar-refractivity contribution in [2.24, 2.45) is 0 Å². The molecule has 1 aliphatic rings. The number of nitro groups is 1. The average molecular weight is 396 g/mol. The summed E-state index contributed by atoms with van der Waals surface area (Å²) in [5.41, 5.74) is 2.71. The molecule has 0 aliphatic heterocycles. The summed E-state index contributed by atoms with van der Waals surface area (Å²) >= 11 is 0. The number of Topliss-reactive ketones (excluding diaryl/α,β-unsaturated/α-hetero) is 1. The highest BCUT2D eigenvalue weighted by Gasteiger charge is 2.22. The molecular weight excluding hydrogens is 376 g/mol. The van der Waals surface area contributed by atoms with Crippen LogP contribution in [0.2, 0.25) is 0 Å². The lowest BCUT2D eigenvalue weighted by molar-refractivity contribution is -0.384. The highest BCUT2D eigenvalue weighted by molar-refractivity contribution is 6.01. The number of ketones is 1. The first-order valence-electron chi connectivity index (χ1n) is 9.23. The van der Waals surface area contributed by atoms with E-state index in [1.54, 1.807) is 6.07 Å². The molecule has 0 fully saturated rings. The summed E-state index contributed by atoms with van der Waals surface area (Å²) in [6, 6.07) is 10.7. The van der Waals surface area contributed by atoms with Gasteiger partial charge in [-0.1, -0.05) is 18.2 Å². The second kappa shape index (κ2) is 8.64. The monoisotopic (exact) mass is 396 g/mol. The summed E-state index contributed by atoms with van der Waals surface area (Å²) in [5, 5.41) is 13.1. The summed E-state index contributed by atoms with van der Waals surface area (Å²) in [4.78, 5) is 46.7. The van der Waals surface area contributed by atoms with Gasteiger partial charge in [-0.2, -0.15) is 0 Å². The van der Waals surface area contributed by atoms with Crippen LogP contribution >= 0.6 is 0 Å². The Hall–Kier alpha value is -3.55. The fourth-order valence-corrected chi connectivity index (χ4v) is 3.27. The van der Waals surface area contributed by atoms with Crippen molar-refractivity contribution >= 4 is 23.3 Å². The van der Waals surface area contributed by atoms with Gasteiger partial charge >= 0.3 is 5.97 Å². The molecule has 0 saturated heterocycles. The number of fused-ring (bicyclic) bond motifs is 1. The SMILES string of the molecule is C[C@@H](OC(=O)CNC(=O)c1cccc([N+](=O)[O-])c1)C(=O)c1ccc2c(c1)CCC2. The lowest BCUT2D eigenvalue weighted by Crippen LogP contribution is -2.34. The molecule has 1 N–H and O–H groups in total. The van der Waals surface area contributed by atoms with Crippen LogP contribution in [-0.2, 0) is 22.4 Å². The zero-order chi connectivity index (χ0) is 21.0. The minimum absolute atomic E-state index is 0.0502. The van der Waals surface area contributed by atoms with Gasteiger partial charge in [-0.3, -0.25) is 24.5 Å². The Kier molecular flexibility index (Phi) is 6.01. The maximum Gasteiger partial charge on any atom is 0.326 e. The molecule has 1 aliphatic carbocycles. The Bertz CT molecular complexity index is 985. The molecule has 0 unspecified atom stereocenters. The zero-order valence-corrected chi connectivity index (χ0v) is 15.8. The Labute approximate surface area is 167 Å². The number of nitro benzene ring substituents is 1. The molecule has 1 amide bonds. The van der Waals surface area contributed by atoms with E-state index in [9.17, 15) is 24.5 Å². The van der Waals surface area contributed by atoms with Crippen LogP contribution in [-0.4, -0.2) is 35.2 Å². The number of amides is 1. The minimum atomic E-state index is -0.989. The van der Waals surface area contributed by atoms with Gasteiger partial charge < -0.3 is 10.1 Å². The number of aryl methyl sites for hydroxylation is 2. The van der Waals surface area contributed by atoms with Gasteiger partial charge in [0.15, 0.2) is 6.10 Å². The first-order valence-corrected chi connectivity index (χ1v) is 9.23. The fraction of sp³-hybridized carbons (Fsp3) is 0.286. The predicted molar refractivity (Wildman–Crippen MR) is 104 cm³/mol. The molecule has 29 heavy (non-hydrogen) atoms. The van der Waals surface area contributed by atoms with Crippen molar-refractivity contribution in [1.82, 2.24) is 5.32 Å². The predicted octanol–water partition coefficient (Wildman–Crippen LogP) is 2.63. The van der Waals surface area contributed by atoms with Gasteiger partial charge in [0, 0.05) is 23.3 Å². The van der Waals surface area contributed by atoms with E-state index in [4.69, 9.17) is 4.74 Å². The van der Waals surface area contributed by atoms with Gasteiger partial charge in [0.25, 0.3) is 11.6 Å². The molecule has 2 aromatic carbocycles. The van der Waals surface area contributed by atoms with Crippen molar-refractivity contribution in [3.8, 4) is 0 Å². The Morgan fingerprint density at radius 2 is 1.86 bits per heavy atom. The van der Waals surface area contributed by atoms with E-state index < -0.39 is 29.4 Å². The minimum Gasteiger partial charge on any atom is -0.453 e. The Balaban J connectivity index is 1.53. The standard InChI is InChI=1S/C21H20N2O6/c1-13(20(25)16-9-8-14-4-2-5-15(14)10-16)29-19(24)12-22-21(26)17-6-3-7-18(11-17)23(27)28/h3,6-11,13H,2,4-5,12H2,1H3,(H,22,26)/t13-/m1/s1. The summed E-state index contributed by atoms with van der Waals surface area (Å²) in [5.74, 6) is -1.73. The molecule has 0 heterocycles. The van der Waals surface area contributed by atoms with Gasteiger partial charge in [0.05, 0.1) is 4.92 Å². The lowest BCUT2D eigenvalue weighted by Gasteiger charge is -2.13. The number of hydrogen-bond acceptors (Lipinski definition) is 6. The normalized spacial score (nSPS) is 13.3. The summed E-state index contributed by atoms with van der Waals surface area (Å²) in [6.45, 7) is 1.03. The number of nitrogens with one attached hydrogen (secondary N) is 1. The van der Waals surface area contributed by atoms with E-state index in [0.717, 1.165) is 30.9 Å². The number of non-ortho nitro benzene ring substituents is 1. The smallest absolute Gasteiger partial charge is 0.326 e. The van der Waals surface area contributed by atoms with Crippen LogP contribution in [0.4, 0.5) is 5.69 Å². The van der Waals surface area contributed by atoms with Crippen LogP contribution in [0.25, 0.3) is 0 Å². The Morgan fingerprint density at radius 3 is 2.62 bits per heavy atom. The van der Waals surface area contributed by atoms with E-state index in [1.165, 1.54) is 30.7 Å². The number of rotatable bonds is 7. The van der Waals surface area contributed by atoms with E-state index in [-0.39, 0.29) is 17.0 Å². The van der Waals surface area contributed by atoms with Crippen molar-refractivity contribution in [2.75, 3.05) is 6.54 Å². The number of carbonyl (C=O) groups is 3. The molecule has 0 spiro atoms. The largest absolute Gasteiger partial charge is 0.453 e. The van der Waals surface area contributed by atoms with Crippen LogP contribution in [0.1, 0.15) is 45.2 Å². The molecule has 3 rings (SSSR count). The zero-order valence-electron chi connectivity index (χ0n) is 15.8. The number of hydrogen-bond donors (Lipinski definition) is 1. The van der Waals surface area contributed by atoms with Crippen molar-refractivity contribution in [3.63, 3.8) is 0 Å². The van der Waals surface area contributed by atoms with Gasteiger partial charge in [-0.25, -0.2) is 0 Å². The fourth-order valence-electron chi connectivity index (χ4n) is 3.27. The molecule has 2 aromatic rings. The third-order valence-corrected chi connectivity index (χ3v) is 4.77. The molecule has 150 valence electrons. The van der Waals surface area contributed by atoms with Crippen LogP contribution < -0.4 is 5.32 Å². The van der Waals surface area contributed by atoms with Gasteiger partial charge in [-0.15, -0.1) is 0 Å². The molecule has 0 saturated carbocycles. The molecule has 8 heteroatoms. The van der Waals surface area contributed by atoms with Crippen molar-refractivity contribution in [1.29, 1.82) is 0 Å². The summed E-state index contributed by atoms with van der Waals surface area (Å²) in [7, 11) is 0. The van der Waals surface area contributed by atoms with E-state index >= 15 is 0 Å². The van der Waals surface area contributed by atoms with Gasteiger partial charge in [0.2, 0.25) is 5.78 Å². The maximum absolute atomic E-state index is 12.5. The number of carbonyl (C=O) groups excluding carboxylic acids is 3. The van der Waals surface area contributed by atoms with Crippen LogP contribution in [0.3, 0.4) is 0 Å². The lowest BCUT2D eigenvalue weighted by atomic mass is 10.0. The van der Waals surface area contributed by atoms with E-state index in [1.807, 2.05) is 12.1 Å². The first-order chi connectivity index (χ1) is 13.8. The molecular formula is C21H20N2O6. The number of esters is 1. The number of ether oxygens (including phenoxy) is 1.